The maximum Gasteiger partial charge on any atom is 0.181 e. The molecule has 1 aliphatic rings. The maximum atomic E-state index is 6.36. The molecule has 0 aliphatic carbocycles. The highest BCUT2D eigenvalue weighted by Gasteiger charge is 2.38. The van der Waals surface area contributed by atoms with Gasteiger partial charge < -0.3 is 9.47 Å². The van der Waals surface area contributed by atoms with Crippen LogP contribution in [-0.2, 0) is 9.47 Å². The second kappa shape index (κ2) is 7.69. The van der Waals surface area contributed by atoms with Gasteiger partial charge in [0.2, 0.25) is 0 Å². The van der Waals surface area contributed by atoms with Gasteiger partial charge in [0.05, 0.1) is 0 Å². The number of ether oxygens (including phenoxy) is 2. The lowest BCUT2D eigenvalue weighted by Crippen LogP contribution is -2.09. The highest BCUT2D eigenvalue weighted by atomic mass is 16.7. The molecule has 1 heterocycles. The number of rotatable bonds is 4. The molecule has 2 heteroatoms. The average Bonchev–Trinajstić information content (AvgIpc) is 3.16. The normalized spacial score (nSPS) is 21.0. The van der Waals surface area contributed by atoms with Crippen LogP contribution >= 0.6 is 0 Å². The van der Waals surface area contributed by atoms with Crippen molar-refractivity contribution in [1.29, 1.82) is 0 Å². The lowest BCUT2D eigenvalue weighted by molar-refractivity contribution is -0.0370. The first-order chi connectivity index (χ1) is 12.8. The van der Waals surface area contributed by atoms with E-state index in [-0.39, 0.29) is 18.5 Å². The minimum atomic E-state index is -0.356. The average molecular weight is 342 g/mol. The summed E-state index contributed by atoms with van der Waals surface area (Å²) >= 11 is 0. The van der Waals surface area contributed by atoms with Crippen molar-refractivity contribution in [1.82, 2.24) is 0 Å². The fraction of sp³-hybridized carbons (Fsp3) is 0.167. The minimum Gasteiger partial charge on any atom is -0.338 e. The Labute approximate surface area is 154 Å². The Bertz CT molecular complexity index is 809. The van der Waals surface area contributed by atoms with Gasteiger partial charge in [-0.05, 0) is 29.2 Å². The molecule has 26 heavy (non-hydrogen) atoms. The molecular weight excluding hydrogens is 320 g/mol. The van der Waals surface area contributed by atoms with Crippen LogP contribution in [0.25, 0.3) is 6.08 Å². The largest absolute Gasteiger partial charge is 0.338 e. The lowest BCUT2D eigenvalue weighted by Gasteiger charge is -2.17. The molecule has 130 valence electrons. The number of hydrogen-bond donors (Lipinski definition) is 0. The van der Waals surface area contributed by atoms with E-state index in [0.29, 0.717) is 0 Å². The van der Waals surface area contributed by atoms with Crippen molar-refractivity contribution in [3.63, 3.8) is 0 Å². The van der Waals surface area contributed by atoms with Crippen molar-refractivity contribution in [2.24, 2.45) is 0 Å². The van der Waals surface area contributed by atoms with E-state index in [9.17, 15) is 0 Å². The predicted octanol–water partition coefficient (Wildman–Crippen LogP) is 5.95. The fourth-order valence-corrected chi connectivity index (χ4v) is 3.33. The number of benzene rings is 3. The van der Waals surface area contributed by atoms with Crippen LogP contribution in [0.2, 0.25) is 0 Å². The maximum absolute atomic E-state index is 6.36. The smallest absolute Gasteiger partial charge is 0.181 e. The molecule has 4 rings (SSSR count). The Balaban J connectivity index is 1.64. The van der Waals surface area contributed by atoms with Crippen LogP contribution < -0.4 is 0 Å². The molecule has 1 saturated heterocycles. The van der Waals surface area contributed by atoms with Gasteiger partial charge in [0, 0.05) is 0 Å². The Morgan fingerprint density at radius 3 is 1.54 bits per heavy atom. The molecule has 1 aliphatic heterocycles. The molecule has 0 aromatic heterocycles. The van der Waals surface area contributed by atoms with Crippen molar-refractivity contribution >= 4 is 6.08 Å². The van der Waals surface area contributed by atoms with Gasteiger partial charge in [-0.1, -0.05) is 97.1 Å². The molecule has 1 fully saturated rings. The number of hydrogen-bond acceptors (Lipinski definition) is 2. The Kier molecular flexibility index (Phi) is 4.96. The fourth-order valence-electron chi connectivity index (χ4n) is 3.33. The Hall–Kier alpha value is -2.68. The van der Waals surface area contributed by atoms with Gasteiger partial charge in [-0.3, -0.25) is 0 Å². The standard InChI is InChI=1S/C24H22O2/c1-18(17-19-11-5-2-6-12-19)24-25-22(20-13-7-3-8-14-20)23(26-24)21-15-9-4-10-16-21/h2-17,22-24H,1H3/b18-17+/t22-,23-/m1/s1. The molecule has 3 aromatic carbocycles. The molecule has 0 saturated carbocycles. The van der Waals surface area contributed by atoms with Gasteiger partial charge in [0.15, 0.2) is 6.29 Å². The van der Waals surface area contributed by atoms with E-state index in [4.69, 9.17) is 9.47 Å². The monoisotopic (exact) mass is 342 g/mol. The molecule has 2 atom stereocenters. The summed E-state index contributed by atoms with van der Waals surface area (Å²) in [5.74, 6) is 0. The van der Waals surface area contributed by atoms with Crippen LogP contribution in [0.4, 0.5) is 0 Å². The van der Waals surface area contributed by atoms with Crippen LogP contribution in [0.1, 0.15) is 35.8 Å². The van der Waals surface area contributed by atoms with Crippen LogP contribution in [0.3, 0.4) is 0 Å². The lowest BCUT2D eigenvalue weighted by atomic mass is 9.99. The first kappa shape index (κ1) is 16.8. The van der Waals surface area contributed by atoms with E-state index in [0.717, 1.165) is 22.3 Å². The Morgan fingerprint density at radius 2 is 1.08 bits per heavy atom. The minimum absolute atomic E-state index is 0.122. The highest BCUT2D eigenvalue weighted by Crippen LogP contribution is 2.44. The Morgan fingerprint density at radius 1 is 0.654 bits per heavy atom. The van der Waals surface area contributed by atoms with Crippen LogP contribution in [-0.4, -0.2) is 6.29 Å². The summed E-state index contributed by atoms with van der Waals surface area (Å²) in [6.07, 6.45) is 1.52. The highest BCUT2D eigenvalue weighted by molar-refractivity contribution is 5.52. The van der Waals surface area contributed by atoms with E-state index in [1.54, 1.807) is 0 Å². The molecule has 0 radical (unpaired) electrons. The van der Waals surface area contributed by atoms with Gasteiger partial charge in [-0.2, -0.15) is 0 Å². The SMILES string of the molecule is C/C(=C\c1ccccc1)C1O[C@H](c2ccccc2)[C@@H](c2ccccc2)O1. The molecular formula is C24H22O2. The van der Waals surface area contributed by atoms with E-state index in [2.05, 4.69) is 49.4 Å². The first-order valence-electron chi connectivity index (χ1n) is 8.95. The molecule has 0 spiro atoms. The van der Waals surface area contributed by atoms with Crippen molar-refractivity contribution in [3.8, 4) is 0 Å². The van der Waals surface area contributed by atoms with Crippen molar-refractivity contribution in [3.05, 3.63) is 113 Å². The summed E-state index contributed by atoms with van der Waals surface area (Å²) in [7, 11) is 0. The second-order valence-corrected chi connectivity index (χ2v) is 6.57. The van der Waals surface area contributed by atoms with E-state index >= 15 is 0 Å². The summed E-state index contributed by atoms with van der Waals surface area (Å²) in [5, 5.41) is 0. The third-order valence-electron chi connectivity index (χ3n) is 4.64. The molecule has 0 N–H and O–H groups in total. The van der Waals surface area contributed by atoms with Gasteiger partial charge >= 0.3 is 0 Å². The molecule has 2 nitrogen and oxygen atoms in total. The van der Waals surface area contributed by atoms with Crippen molar-refractivity contribution in [2.45, 2.75) is 25.4 Å². The zero-order chi connectivity index (χ0) is 17.8. The van der Waals surface area contributed by atoms with Crippen LogP contribution in [0.15, 0.2) is 96.6 Å². The van der Waals surface area contributed by atoms with Gasteiger partial charge in [0.1, 0.15) is 12.2 Å². The summed E-state index contributed by atoms with van der Waals surface area (Å²) in [6, 6.07) is 30.9. The molecule has 0 amide bonds. The van der Waals surface area contributed by atoms with Crippen LogP contribution in [0.5, 0.6) is 0 Å². The molecule has 3 aromatic rings. The van der Waals surface area contributed by atoms with Gasteiger partial charge in [-0.15, -0.1) is 0 Å². The van der Waals surface area contributed by atoms with Gasteiger partial charge in [-0.25, -0.2) is 0 Å². The summed E-state index contributed by atoms with van der Waals surface area (Å²) < 4.78 is 12.7. The van der Waals surface area contributed by atoms with Gasteiger partial charge in [0.25, 0.3) is 0 Å². The third kappa shape index (κ3) is 3.62. The van der Waals surface area contributed by atoms with Crippen molar-refractivity contribution < 1.29 is 9.47 Å². The third-order valence-corrected chi connectivity index (χ3v) is 4.64. The molecule has 0 bridgehead atoms. The summed E-state index contributed by atoms with van der Waals surface area (Å²) in [6.45, 7) is 2.06. The topological polar surface area (TPSA) is 18.5 Å². The van der Waals surface area contributed by atoms with E-state index in [1.165, 1.54) is 0 Å². The predicted molar refractivity (Wildman–Crippen MR) is 104 cm³/mol. The molecule has 0 unspecified atom stereocenters. The zero-order valence-corrected chi connectivity index (χ0v) is 14.8. The summed E-state index contributed by atoms with van der Waals surface area (Å²) in [4.78, 5) is 0. The first-order valence-corrected chi connectivity index (χ1v) is 8.95. The van der Waals surface area contributed by atoms with E-state index < -0.39 is 0 Å². The van der Waals surface area contributed by atoms with Crippen LogP contribution in [0, 0.1) is 0 Å². The van der Waals surface area contributed by atoms with Crippen molar-refractivity contribution in [2.75, 3.05) is 0 Å². The quantitative estimate of drug-likeness (QED) is 0.584. The van der Waals surface area contributed by atoms with E-state index in [1.807, 2.05) is 54.6 Å². The second-order valence-electron chi connectivity index (χ2n) is 6.57. The summed E-state index contributed by atoms with van der Waals surface area (Å²) in [5.41, 5.74) is 4.49. The zero-order valence-electron chi connectivity index (χ0n) is 14.8.